The van der Waals surface area contributed by atoms with Gasteiger partial charge in [0.1, 0.15) is 5.75 Å². The van der Waals surface area contributed by atoms with Crippen LogP contribution in [0.2, 0.25) is 0 Å². The summed E-state index contributed by atoms with van der Waals surface area (Å²) in [4.78, 5) is 12.0. The van der Waals surface area contributed by atoms with E-state index in [1.807, 2.05) is 24.3 Å². The number of carbonyl (C=O) groups excluding carboxylic acids is 1. The summed E-state index contributed by atoms with van der Waals surface area (Å²) in [6.45, 7) is 5.59. The Hall–Kier alpha value is -1.55. The number of benzene rings is 1. The van der Waals surface area contributed by atoms with E-state index < -0.39 is 0 Å². The lowest BCUT2D eigenvalue weighted by Gasteiger charge is -2.13. The van der Waals surface area contributed by atoms with Gasteiger partial charge in [0.05, 0.1) is 6.61 Å². The first-order valence-corrected chi connectivity index (χ1v) is 7.92. The van der Waals surface area contributed by atoms with Gasteiger partial charge in [0.15, 0.2) is 0 Å². The van der Waals surface area contributed by atoms with Gasteiger partial charge >= 0.3 is 0 Å². The Morgan fingerprint density at radius 1 is 1.33 bits per heavy atom. The topological polar surface area (TPSA) is 64.3 Å². The zero-order valence-electron chi connectivity index (χ0n) is 13.2. The summed E-state index contributed by atoms with van der Waals surface area (Å²) >= 11 is 0. The van der Waals surface area contributed by atoms with E-state index in [1.165, 1.54) is 0 Å². The predicted octanol–water partition coefficient (Wildman–Crippen LogP) is 3.57. The molecule has 4 heteroatoms. The van der Waals surface area contributed by atoms with Gasteiger partial charge in [-0.2, -0.15) is 0 Å². The first kappa shape index (κ1) is 17.5. The van der Waals surface area contributed by atoms with Crippen molar-refractivity contribution in [2.75, 3.05) is 18.5 Å². The molecule has 0 heterocycles. The monoisotopic (exact) mass is 292 g/mol. The molecule has 0 aliphatic heterocycles. The van der Waals surface area contributed by atoms with Crippen molar-refractivity contribution in [3.05, 3.63) is 24.3 Å². The number of ether oxygens (including phenoxy) is 1. The summed E-state index contributed by atoms with van der Waals surface area (Å²) < 4.78 is 5.56. The molecule has 1 amide bonds. The molecule has 4 nitrogen and oxygen atoms in total. The fourth-order valence-corrected chi connectivity index (χ4v) is 2.23. The van der Waals surface area contributed by atoms with Gasteiger partial charge in [-0.15, -0.1) is 0 Å². The van der Waals surface area contributed by atoms with Crippen LogP contribution in [0.25, 0.3) is 0 Å². The molecule has 3 N–H and O–H groups in total. The highest BCUT2D eigenvalue weighted by Gasteiger charge is 2.09. The van der Waals surface area contributed by atoms with E-state index in [0.29, 0.717) is 25.5 Å². The number of amides is 1. The molecule has 0 saturated carbocycles. The summed E-state index contributed by atoms with van der Waals surface area (Å²) in [5.74, 6) is 1.39. The lowest BCUT2D eigenvalue weighted by atomic mass is 9.96. The average molecular weight is 292 g/mol. The summed E-state index contributed by atoms with van der Waals surface area (Å²) in [5.41, 5.74) is 6.37. The van der Waals surface area contributed by atoms with Gasteiger partial charge in [-0.3, -0.25) is 4.79 Å². The van der Waals surface area contributed by atoms with E-state index in [1.54, 1.807) is 0 Å². The Morgan fingerprint density at radius 3 is 2.81 bits per heavy atom. The van der Waals surface area contributed by atoms with E-state index in [9.17, 15) is 4.79 Å². The highest BCUT2D eigenvalue weighted by Crippen LogP contribution is 2.19. The standard InChI is InChI=1S/C17H28N2O2/c1-3-12-21-16-7-5-6-15(13-16)19-17(20)9-8-14(4-2)10-11-18/h5-7,13-14H,3-4,8-12,18H2,1-2H3,(H,19,20). The average Bonchev–Trinajstić information content (AvgIpc) is 2.49. The van der Waals surface area contributed by atoms with Crippen LogP contribution in [-0.2, 0) is 4.79 Å². The van der Waals surface area contributed by atoms with Gasteiger partial charge < -0.3 is 15.8 Å². The number of nitrogens with one attached hydrogen (secondary N) is 1. The summed E-state index contributed by atoms with van der Waals surface area (Å²) in [5, 5.41) is 2.93. The highest BCUT2D eigenvalue weighted by molar-refractivity contribution is 5.90. The van der Waals surface area contributed by atoms with Crippen molar-refractivity contribution >= 4 is 11.6 Å². The minimum absolute atomic E-state index is 0.0538. The molecule has 21 heavy (non-hydrogen) atoms. The van der Waals surface area contributed by atoms with E-state index >= 15 is 0 Å². The Morgan fingerprint density at radius 2 is 2.14 bits per heavy atom. The number of hydrogen-bond donors (Lipinski definition) is 2. The molecule has 0 fully saturated rings. The quantitative estimate of drug-likeness (QED) is 0.693. The maximum atomic E-state index is 12.0. The van der Waals surface area contributed by atoms with Crippen molar-refractivity contribution in [3.63, 3.8) is 0 Å². The third-order valence-electron chi connectivity index (χ3n) is 3.52. The smallest absolute Gasteiger partial charge is 0.224 e. The van der Waals surface area contributed by atoms with E-state index in [4.69, 9.17) is 10.5 Å². The van der Waals surface area contributed by atoms with Crippen molar-refractivity contribution in [3.8, 4) is 5.75 Å². The van der Waals surface area contributed by atoms with Gasteiger partial charge in [-0.05, 0) is 43.9 Å². The van der Waals surface area contributed by atoms with Crippen molar-refractivity contribution < 1.29 is 9.53 Å². The second kappa shape index (κ2) is 10.2. The van der Waals surface area contributed by atoms with Crippen LogP contribution in [0, 0.1) is 5.92 Å². The van der Waals surface area contributed by atoms with Crippen LogP contribution in [0.1, 0.15) is 46.0 Å². The second-order valence-corrected chi connectivity index (χ2v) is 5.31. The SMILES string of the molecule is CCCOc1cccc(NC(=O)CCC(CC)CCN)c1. The van der Waals surface area contributed by atoms with Gasteiger partial charge in [0.25, 0.3) is 0 Å². The number of rotatable bonds is 10. The molecule has 0 saturated heterocycles. The molecule has 1 aromatic rings. The number of nitrogens with two attached hydrogens (primary N) is 1. The Labute approximate surface area is 128 Å². The van der Waals surface area contributed by atoms with Crippen LogP contribution in [0.4, 0.5) is 5.69 Å². The van der Waals surface area contributed by atoms with Crippen LogP contribution < -0.4 is 15.8 Å². The van der Waals surface area contributed by atoms with Crippen molar-refractivity contribution in [2.45, 2.75) is 46.0 Å². The van der Waals surface area contributed by atoms with Crippen LogP contribution in [0.3, 0.4) is 0 Å². The minimum Gasteiger partial charge on any atom is -0.494 e. The predicted molar refractivity (Wildman–Crippen MR) is 87.5 cm³/mol. The van der Waals surface area contributed by atoms with Crippen molar-refractivity contribution in [1.82, 2.24) is 0 Å². The molecule has 0 aromatic heterocycles. The zero-order chi connectivity index (χ0) is 15.5. The lowest BCUT2D eigenvalue weighted by Crippen LogP contribution is -2.15. The molecule has 0 aliphatic carbocycles. The van der Waals surface area contributed by atoms with Gasteiger partial charge in [0.2, 0.25) is 5.91 Å². The fourth-order valence-electron chi connectivity index (χ4n) is 2.23. The molecule has 0 radical (unpaired) electrons. The molecule has 1 rings (SSSR count). The fraction of sp³-hybridized carbons (Fsp3) is 0.588. The molecule has 1 atom stereocenters. The number of carbonyl (C=O) groups is 1. The first-order valence-electron chi connectivity index (χ1n) is 7.92. The Bertz CT molecular complexity index is 421. The minimum atomic E-state index is 0.0538. The molecule has 0 bridgehead atoms. The Kier molecular flexibility index (Phi) is 8.51. The third kappa shape index (κ3) is 7.14. The third-order valence-corrected chi connectivity index (χ3v) is 3.52. The molecule has 118 valence electrons. The number of anilines is 1. The van der Waals surface area contributed by atoms with Crippen molar-refractivity contribution in [1.29, 1.82) is 0 Å². The normalized spacial score (nSPS) is 12.0. The van der Waals surface area contributed by atoms with Gasteiger partial charge in [0, 0.05) is 18.2 Å². The molecule has 1 unspecified atom stereocenters. The van der Waals surface area contributed by atoms with Crippen LogP contribution >= 0.6 is 0 Å². The molecular weight excluding hydrogens is 264 g/mol. The maximum absolute atomic E-state index is 12.0. The summed E-state index contributed by atoms with van der Waals surface area (Å²) in [6, 6.07) is 7.54. The van der Waals surface area contributed by atoms with Crippen LogP contribution in [-0.4, -0.2) is 19.1 Å². The lowest BCUT2D eigenvalue weighted by molar-refractivity contribution is -0.116. The summed E-state index contributed by atoms with van der Waals surface area (Å²) in [6.07, 6.45) is 4.47. The zero-order valence-corrected chi connectivity index (χ0v) is 13.2. The van der Waals surface area contributed by atoms with E-state index in [0.717, 1.165) is 37.1 Å². The summed E-state index contributed by atoms with van der Waals surface area (Å²) in [7, 11) is 0. The largest absolute Gasteiger partial charge is 0.494 e. The Balaban J connectivity index is 2.43. The van der Waals surface area contributed by atoms with E-state index in [2.05, 4.69) is 19.2 Å². The van der Waals surface area contributed by atoms with Gasteiger partial charge in [-0.1, -0.05) is 26.3 Å². The highest BCUT2D eigenvalue weighted by atomic mass is 16.5. The van der Waals surface area contributed by atoms with Crippen molar-refractivity contribution in [2.24, 2.45) is 11.7 Å². The second-order valence-electron chi connectivity index (χ2n) is 5.31. The molecule has 0 aliphatic rings. The van der Waals surface area contributed by atoms with Crippen LogP contribution in [0.15, 0.2) is 24.3 Å². The van der Waals surface area contributed by atoms with Gasteiger partial charge in [-0.25, -0.2) is 0 Å². The first-order chi connectivity index (χ1) is 10.2. The maximum Gasteiger partial charge on any atom is 0.224 e. The van der Waals surface area contributed by atoms with E-state index in [-0.39, 0.29) is 5.91 Å². The van der Waals surface area contributed by atoms with Crippen LogP contribution in [0.5, 0.6) is 5.75 Å². The molecule has 0 spiro atoms. The molecule has 1 aromatic carbocycles. The number of hydrogen-bond acceptors (Lipinski definition) is 3. The molecular formula is C17H28N2O2.